The molecule has 0 heterocycles. The zero-order chi connectivity index (χ0) is 37.2. The van der Waals surface area contributed by atoms with E-state index in [4.69, 9.17) is 20.9 Å². The number of nitrogens with two attached hydrogens (primary N) is 2. The molecule has 0 bridgehead atoms. The summed E-state index contributed by atoms with van der Waals surface area (Å²) in [6, 6.07) is -0.781. The second kappa shape index (κ2) is 33.3. The number of carbonyl (C=O) groups excluding carboxylic acids is 4. The van der Waals surface area contributed by atoms with Gasteiger partial charge in [0.25, 0.3) is 0 Å². The first-order chi connectivity index (χ1) is 24.2. The number of aliphatic imine (C=N–C) groups is 1. The van der Waals surface area contributed by atoms with Crippen molar-refractivity contribution in [2.45, 2.75) is 181 Å². The standard InChI is InChI=1S/C39H75N5O6/c1-5-9-13-17-24-32(22-11-7-3)37(47)49-30-20-16-15-19-28-42-36(46)34(27-29-43-39(40)41)44-35(45)26-21-31-50-38(48)33(23-12-8-4)25-18-14-10-6-2/h32-34H,5-31H2,1-4H3,(H,42,46)(H,44,45)(H4,40,41,43)/t32?,33?,34-/m0/s1. The number of esters is 2. The van der Waals surface area contributed by atoms with Crippen molar-refractivity contribution in [3.8, 4) is 0 Å². The van der Waals surface area contributed by atoms with Gasteiger partial charge in [-0.1, -0.05) is 111 Å². The van der Waals surface area contributed by atoms with E-state index in [-0.39, 0.29) is 67.5 Å². The predicted octanol–water partition coefficient (Wildman–Crippen LogP) is 7.23. The second-order valence-corrected chi connectivity index (χ2v) is 13.7. The van der Waals surface area contributed by atoms with Gasteiger partial charge in [0.05, 0.1) is 25.0 Å². The first-order valence-corrected chi connectivity index (χ1v) is 20.2. The van der Waals surface area contributed by atoms with Crippen molar-refractivity contribution in [1.82, 2.24) is 10.6 Å². The number of ether oxygens (including phenoxy) is 2. The number of rotatable bonds is 34. The number of nitrogens with zero attached hydrogens (tertiary/aromatic N) is 1. The van der Waals surface area contributed by atoms with Gasteiger partial charge >= 0.3 is 11.9 Å². The normalized spacial score (nSPS) is 12.8. The topological polar surface area (TPSA) is 175 Å². The molecule has 0 aliphatic carbocycles. The minimum Gasteiger partial charge on any atom is -0.465 e. The van der Waals surface area contributed by atoms with E-state index in [1.54, 1.807) is 0 Å². The highest BCUT2D eigenvalue weighted by Gasteiger charge is 2.22. The smallest absolute Gasteiger partial charge is 0.308 e. The SMILES string of the molecule is CCCCCCC(CCCC)C(=O)OCCCCCCNC(=O)[C@H](CCN=C(N)N)NC(=O)CCCOC(=O)C(CCCC)CCCCCC. The molecular weight excluding hydrogens is 634 g/mol. The van der Waals surface area contributed by atoms with Crippen LogP contribution in [-0.2, 0) is 28.7 Å². The van der Waals surface area contributed by atoms with Gasteiger partial charge in [-0.15, -0.1) is 0 Å². The molecule has 0 radical (unpaired) electrons. The van der Waals surface area contributed by atoms with Gasteiger partial charge in [0.2, 0.25) is 11.8 Å². The fourth-order valence-electron chi connectivity index (χ4n) is 5.88. The molecule has 0 aromatic rings. The summed E-state index contributed by atoms with van der Waals surface area (Å²) >= 11 is 0. The largest absolute Gasteiger partial charge is 0.465 e. The summed E-state index contributed by atoms with van der Waals surface area (Å²) in [5, 5.41) is 5.71. The Kier molecular flexibility index (Phi) is 31.4. The first-order valence-electron chi connectivity index (χ1n) is 20.2. The van der Waals surface area contributed by atoms with E-state index >= 15 is 0 Å². The van der Waals surface area contributed by atoms with Crippen molar-refractivity contribution in [3.05, 3.63) is 0 Å². The third-order valence-corrected chi connectivity index (χ3v) is 9.06. The van der Waals surface area contributed by atoms with E-state index in [0.717, 1.165) is 103 Å². The van der Waals surface area contributed by atoms with Crippen molar-refractivity contribution < 1.29 is 28.7 Å². The molecule has 0 spiro atoms. The second-order valence-electron chi connectivity index (χ2n) is 13.7. The third kappa shape index (κ3) is 26.9. The summed E-state index contributed by atoms with van der Waals surface area (Å²) < 4.78 is 11.2. The third-order valence-electron chi connectivity index (χ3n) is 9.06. The van der Waals surface area contributed by atoms with E-state index < -0.39 is 6.04 Å². The molecule has 2 unspecified atom stereocenters. The van der Waals surface area contributed by atoms with Crippen LogP contribution in [-0.4, -0.2) is 62.1 Å². The molecule has 0 fully saturated rings. The van der Waals surface area contributed by atoms with Crippen LogP contribution < -0.4 is 22.1 Å². The summed E-state index contributed by atoms with van der Waals surface area (Å²) in [6.45, 7) is 9.90. The maximum atomic E-state index is 13.0. The lowest BCUT2D eigenvalue weighted by Gasteiger charge is -2.18. The summed E-state index contributed by atoms with van der Waals surface area (Å²) in [5.41, 5.74) is 10.9. The minimum atomic E-state index is -0.781. The Morgan fingerprint density at radius 3 is 1.58 bits per heavy atom. The molecule has 292 valence electrons. The Hall–Kier alpha value is -2.85. The summed E-state index contributed by atoms with van der Waals surface area (Å²) in [6.07, 6.45) is 20.9. The van der Waals surface area contributed by atoms with Gasteiger partial charge in [0, 0.05) is 19.5 Å². The highest BCUT2D eigenvalue weighted by Crippen LogP contribution is 2.20. The number of carbonyl (C=O) groups is 4. The number of nitrogens with one attached hydrogen (secondary N) is 2. The van der Waals surface area contributed by atoms with Gasteiger partial charge in [-0.3, -0.25) is 24.2 Å². The highest BCUT2D eigenvalue weighted by molar-refractivity contribution is 5.87. The van der Waals surface area contributed by atoms with Gasteiger partial charge in [-0.05, 0) is 57.8 Å². The lowest BCUT2D eigenvalue weighted by Crippen LogP contribution is -2.47. The van der Waals surface area contributed by atoms with Crippen LogP contribution in [0, 0.1) is 11.8 Å². The molecule has 0 aliphatic rings. The van der Waals surface area contributed by atoms with Crippen LogP contribution in [0.15, 0.2) is 4.99 Å². The molecule has 0 rings (SSSR count). The monoisotopic (exact) mass is 710 g/mol. The van der Waals surface area contributed by atoms with Crippen LogP contribution in [0.3, 0.4) is 0 Å². The van der Waals surface area contributed by atoms with Crippen LogP contribution in [0.25, 0.3) is 0 Å². The summed E-state index contributed by atoms with van der Waals surface area (Å²) in [5.74, 6) is -0.952. The number of unbranched alkanes of at least 4 members (excludes halogenated alkanes) is 11. The molecule has 0 aromatic heterocycles. The van der Waals surface area contributed by atoms with Crippen molar-refractivity contribution >= 4 is 29.7 Å². The Balaban J connectivity index is 4.55. The maximum absolute atomic E-state index is 13.0. The van der Waals surface area contributed by atoms with E-state index in [2.05, 4.69) is 43.3 Å². The van der Waals surface area contributed by atoms with Crippen molar-refractivity contribution in [2.24, 2.45) is 28.3 Å². The maximum Gasteiger partial charge on any atom is 0.308 e. The van der Waals surface area contributed by atoms with Crippen molar-refractivity contribution in [2.75, 3.05) is 26.3 Å². The molecule has 0 saturated heterocycles. The Labute approximate surface area is 304 Å². The number of guanidine groups is 1. The van der Waals surface area contributed by atoms with Gasteiger partial charge in [-0.25, -0.2) is 0 Å². The highest BCUT2D eigenvalue weighted by atomic mass is 16.5. The quantitative estimate of drug-likeness (QED) is 0.0234. The molecule has 11 heteroatoms. The molecule has 3 atom stereocenters. The fraction of sp³-hybridized carbons (Fsp3) is 0.872. The van der Waals surface area contributed by atoms with Crippen molar-refractivity contribution in [3.63, 3.8) is 0 Å². The average Bonchev–Trinajstić information content (AvgIpc) is 3.09. The van der Waals surface area contributed by atoms with Gasteiger partial charge in [-0.2, -0.15) is 0 Å². The summed E-state index contributed by atoms with van der Waals surface area (Å²) in [7, 11) is 0. The molecule has 0 aromatic carbocycles. The molecule has 0 saturated carbocycles. The Morgan fingerprint density at radius 1 is 0.580 bits per heavy atom. The average molecular weight is 710 g/mol. The number of hydrogen-bond acceptors (Lipinski definition) is 7. The van der Waals surface area contributed by atoms with E-state index in [9.17, 15) is 19.2 Å². The molecule has 11 nitrogen and oxygen atoms in total. The van der Waals surface area contributed by atoms with Crippen molar-refractivity contribution in [1.29, 1.82) is 0 Å². The van der Waals surface area contributed by atoms with Crippen LogP contribution in [0.5, 0.6) is 0 Å². The number of amides is 2. The van der Waals surface area contributed by atoms with Gasteiger partial charge < -0.3 is 31.6 Å². The molecular formula is C39H75N5O6. The molecule has 50 heavy (non-hydrogen) atoms. The molecule has 2 amide bonds. The lowest BCUT2D eigenvalue weighted by atomic mass is 9.95. The van der Waals surface area contributed by atoms with E-state index in [1.165, 1.54) is 25.7 Å². The van der Waals surface area contributed by atoms with Crippen LogP contribution in [0.1, 0.15) is 175 Å². The first kappa shape index (κ1) is 47.1. The number of hydrogen-bond donors (Lipinski definition) is 4. The predicted molar refractivity (Wildman–Crippen MR) is 203 cm³/mol. The van der Waals surface area contributed by atoms with Gasteiger partial charge in [0.15, 0.2) is 5.96 Å². The Morgan fingerprint density at radius 2 is 1.06 bits per heavy atom. The summed E-state index contributed by atoms with van der Waals surface area (Å²) in [4.78, 5) is 55.0. The zero-order valence-corrected chi connectivity index (χ0v) is 32.4. The van der Waals surface area contributed by atoms with Crippen LogP contribution in [0.4, 0.5) is 0 Å². The molecule has 0 aliphatic heterocycles. The van der Waals surface area contributed by atoms with Crippen LogP contribution in [0.2, 0.25) is 0 Å². The van der Waals surface area contributed by atoms with E-state index in [0.29, 0.717) is 19.6 Å². The lowest BCUT2D eigenvalue weighted by molar-refractivity contribution is -0.150. The molecule has 6 N–H and O–H groups in total. The van der Waals surface area contributed by atoms with E-state index in [1.807, 2.05) is 0 Å². The zero-order valence-electron chi connectivity index (χ0n) is 32.4. The van der Waals surface area contributed by atoms with Gasteiger partial charge in [0.1, 0.15) is 6.04 Å². The van der Waals surface area contributed by atoms with Crippen LogP contribution >= 0.6 is 0 Å². The fourth-order valence-corrected chi connectivity index (χ4v) is 5.88. The minimum absolute atomic E-state index is 0.0120. The Bertz CT molecular complexity index is 911.